The van der Waals surface area contributed by atoms with Crippen molar-refractivity contribution in [3.63, 3.8) is 0 Å². The van der Waals surface area contributed by atoms with Crippen molar-refractivity contribution in [1.82, 2.24) is 0 Å². The molecule has 1 aliphatic heterocycles. The van der Waals surface area contributed by atoms with Crippen molar-refractivity contribution in [3.05, 3.63) is 12.2 Å². The predicted molar refractivity (Wildman–Crippen MR) is 125 cm³/mol. The Hall–Kier alpha value is -0.870. The number of carbonyl (C=O) groups excluding carboxylic acids is 1. The lowest BCUT2D eigenvalue weighted by molar-refractivity contribution is -0.236. The molecule has 1 spiro atoms. The van der Waals surface area contributed by atoms with Crippen molar-refractivity contribution < 1.29 is 19.4 Å². The summed E-state index contributed by atoms with van der Waals surface area (Å²) in [6.45, 7) is 11.2. The molecule has 9 atom stereocenters. The second-order valence-corrected chi connectivity index (χ2v) is 12.7. The fraction of sp³-hybridized carbons (Fsp3) is 0.893. The summed E-state index contributed by atoms with van der Waals surface area (Å²) < 4.78 is 12.0. The Morgan fingerprint density at radius 2 is 1.97 bits per heavy atom. The van der Waals surface area contributed by atoms with E-state index in [0.717, 1.165) is 31.6 Å². The molecule has 1 heterocycles. The minimum atomic E-state index is -0.603. The Kier molecular flexibility index (Phi) is 5.81. The lowest BCUT2D eigenvalue weighted by atomic mass is 9.38. The van der Waals surface area contributed by atoms with Gasteiger partial charge in [-0.2, -0.15) is 0 Å². The van der Waals surface area contributed by atoms with Crippen molar-refractivity contribution in [3.8, 4) is 0 Å². The van der Waals surface area contributed by atoms with Gasteiger partial charge in [-0.1, -0.05) is 32.4 Å². The number of aliphatic hydroxyl groups excluding tert-OH is 1. The van der Waals surface area contributed by atoms with Gasteiger partial charge in [-0.25, -0.2) is 0 Å². The number of allylic oxidation sites excluding steroid dienone is 1. The van der Waals surface area contributed by atoms with Gasteiger partial charge in [-0.15, -0.1) is 0 Å². The standard InChI is InChI=1S/C28H44O4/c1-5-21-14-20(29)15-24(31-21)32-25(30)27(4)11-6-10-26(3)22(27)9-12-28-16-18(2)13-19(17-28)7-8-23(26)28/h19-24,29H,2,5-17H2,1,3-4H3/t19?,20-,21+,22?,23?,24-,26+,27+,28+/m0/s1. The van der Waals surface area contributed by atoms with Gasteiger partial charge in [-0.3, -0.25) is 4.79 Å². The lowest BCUT2D eigenvalue weighted by Gasteiger charge is -2.66. The van der Waals surface area contributed by atoms with Gasteiger partial charge in [0.2, 0.25) is 6.29 Å². The van der Waals surface area contributed by atoms with E-state index >= 15 is 0 Å². The zero-order chi connectivity index (χ0) is 22.7. The highest BCUT2D eigenvalue weighted by molar-refractivity contribution is 5.77. The molecule has 0 radical (unpaired) electrons. The van der Waals surface area contributed by atoms with E-state index in [0.29, 0.717) is 30.1 Å². The van der Waals surface area contributed by atoms with E-state index < -0.39 is 17.8 Å². The van der Waals surface area contributed by atoms with E-state index in [-0.39, 0.29) is 17.5 Å². The summed E-state index contributed by atoms with van der Waals surface area (Å²) >= 11 is 0. The summed E-state index contributed by atoms with van der Waals surface area (Å²) in [6, 6.07) is 0. The highest BCUT2D eigenvalue weighted by atomic mass is 16.7. The predicted octanol–water partition coefficient (Wildman–Crippen LogP) is 6.16. The Balaban J connectivity index is 1.37. The first-order valence-electron chi connectivity index (χ1n) is 13.4. The van der Waals surface area contributed by atoms with Gasteiger partial charge in [-0.05, 0) is 106 Å². The normalized spacial score (nSPS) is 50.8. The first-order chi connectivity index (χ1) is 15.2. The minimum absolute atomic E-state index is 0.0231. The molecule has 1 saturated heterocycles. The molecule has 32 heavy (non-hydrogen) atoms. The van der Waals surface area contributed by atoms with Crippen LogP contribution in [0.5, 0.6) is 0 Å². The van der Waals surface area contributed by atoms with Crippen LogP contribution in [0.4, 0.5) is 0 Å². The van der Waals surface area contributed by atoms with Crippen LogP contribution < -0.4 is 0 Å². The maximum atomic E-state index is 13.7. The SMILES string of the molecule is C=C1CC2CCC3[C@](CCC4[C@@]3(C)CCC[C@@]4(C)C(=O)O[C@H]3C[C@@H](O)C[C@@H](CC)O3)(C1)C2. The number of esters is 1. The third kappa shape index (κ3) is 3.59. The van der Waals surface area contributed by atoms with Crippen LogP contribution in [0.2, 0.25) is 0 Å². The number of aliphatic hydroxyl groups is 1. The largest absolute Gasteiger partial charge is 0.435 e. The van der Waals surface area contributed by atoms with Gasteiger partial charge in [0.1, 0.15) is 0 Å². The average molecular weight is 445 g/mol. The van der Waals surface area contributed by atoms with E-state index in [1.54, 1.807) is 0 Å². The maximum Gasteiger partial charge on any atom is 0.314 e. The van der Waals surface area contributed by atoms with Crippen LogP contribution in [-0.2, 0) is 14.3 Å². The number of ether oxygens (including phenoxy) is 2. The Morgan fingerprint density at radius 1 is 1.16 bits per heavy atom. The van der Waals surface area contributed by atoms with Gasteiger partial charge in [0.15, 0.2) is 0 Å². The van der Waals surface area contributed by atoms with E-state index in [2.05, 4.69) is 27.4 Å². The van der Waals surface area contributed by atoms with Crippen LogP contribution in [0, 0.1) is 34.0 Å². The summed E-state index contributed by atoms with van der Waals surface area (Å²) in [7, 11) is 0. The first-order valence-corrected chi connectivity index (χ1v) is 13.4. The fourth-order valence-electron chi connectivity index (χ4n) is 9.46. The summed E-state index contributed by atoms with van der Waals surface area (Å²) in [5, 5.41) is 10.3. The number of rotatable bonds is 3. The quantitative estimate of drug-likeness (QED) is 0.418. The topological polar surface area (TPSA) is 55.8 Å². The minimum Gasteiger partial charge on any atom is -0.435 e. The molecule has 180 valence electrons. The average Bonchev–Trinajstić information content (AvgIpc) is 2.72. The molecule has 0 amide bonds. The summed E-state index contributed by atoms with van der Waals surface area (Å²) in [5.74, 6) is 1.83. The molecule has 0 aromatic heterocycles. The van der Waals surface area contributed by atoms with Crippen molar-refractivity contribution in [2.45, 2.75) is 123 Å². The number of carbonyl (C=O) groups is 1. The van der Waals surface area contributed by atoms with Crippen LogP contribution in [0.25, 0.3) is 0 Å². The molecule has 5 fully saturated rings. The molecular formula is C28H44O4. The molecule has 0 aromatic carbocycles. The third-order valence-electron chi connectivity index (χ3n) is 10.7. The highest BCUT2D eigenvalue weighted by Crippen LogP contribution is 2.71. The monoisotopic (exact) mass is 444 g/mol. The van der Waals surface area contributed by atoms with E-state index in [1.165, 1.54) is 50.5 Å². The Bertz CT molecular complexity index is 763. The molecule has 2 bridgehead atoms. The molecule has 0 aromatic rings. The van der Waals surface area contributed by atoms with E-state index in [9.17, 15) is 9.90 Å². The van der Waals surface area contributed by atoms with E-state index in [1.807, 2.05) is 0 Å². The van der Waals surface area contributed by atoms with Gasteiger partial charge in [0.05, 0.1) is 17.6 Å². The summed E-state index contributed by atoms with van der Waals surface area (Å²) in [6.07, 6.45) is 12.9. The fourth-order valence-corrected chi connectivity index (χ4v) is 9.46. The third-order valence-corrected chi connectivity index (χ3v) is 10.7. The molecule has 1 N–H and O–H groups in total. The van der Waals surface area contributed by atoms with Crippen LogP contribution in [0.1, 0.15) is 104 Å². The summed E-state index contributed by atoms with van der Waals surface area (Å²) in [5.41, 5.74) is 1.65. The zero-order valence-electron chi connectivity index (χ0n) is 20.5. The zero-order valence-corrected chi connectivity index (χ0v) is 20.5. The van der Waals surface area contributed by atoms with Crippen LogP contribution in [-0.4, -0.2) is 29.6 Å². The molecule has 4 saturated carbocycles. The number of fused-ring (bicyclic) bond motifs is 3. The highest BCUT2D eigenvalue weighted by Gasteiger charge is 2.64. The van der Waals surface area contributed by atoms with Crippen molar-refractivity contribution in [2.24, 2.45) is 34.0 Å². The molecule has 5 rings (SSSR count). The van der Waals surface area contributed by atoms with E-state index in [4.69, 9.17) is 9.47 Å². The molecular weight excluding hydrogens is 400 g/mol. The lowest BCUT2D eigenvalue weighted by Crippen LogP contribution is -2.60. The number of hydrogen-bond donors (Lipinski definition) is 1. The van der Waals surface area contributed by atoms with Crippen LogP contribution in [0.15, 0.2) is 12.2 Å². The van der Waals surface area contributed by atoms with Crippen LogP contribution in [0.3, 0.4) is 0 Å². The summed E-state index contributed by atoms with van der Waals surface area (Å²) in [4.78, 5) is 13.7. The molecule has 3 unspecified atom stereocenters. The second kappa shape index (κ2) is 8.12. The molecule has 4 aliphatic carbocycles. The smallest absolute Gasteiger partial charge is 0.314 e. The van der Waals surface area contributed by atoms with Crippen LogP contribution >= 0.6 is 0 Å². The second-order valence-electron chi connectivity index (χ2n) is 12.7. The molecule has 5 aliphatic rings. The van der Waals surface area contributed by atoms with Crippen molar-refractivity contribution in [2.75, 3.05) is 0 Å². The van der Waals surface area contributed by atoms with Gasteiger partial charge in [0, 0.05) is 6.42 Å². The van der Waals surface area contributed by atoms with Crippen molar-refractivity contribution >= 4 is 5.97 Å². The first kappa shape index (κ1) is 22.9. The Morgan fingerprint density at radius 3 is 2.75 bits per heavy atom. The molecule has 4 nitrogen and oxygen atoms in total. The van der Waals surface area contributed by atoms with Crippen molar-refractivity contribution in [1.29, 1.82) is 0 Å². The van der Waals surface area contributed by atoms with Gasteiger partial charge in [0.25, 0.3) is 0 Å². The van der Waals surface area contributed by atoms with Gasteiger partial charge < -0.3 is 14.6 Å². The van der Waals surface area contributed by atoms with Gasteiger partial charge >= 0.3 is 5.97 Å². The number of hydrogen-bond acceptors (Lipinski definition) is 4. The maximum absolute atomic E-state index is 13.7. The molecule has 4 heteroatoms. The Labute approximate surface area is 194 Å².